The Balaban J connectivity index is 1.44. The number of hydrogen-bond acceptors (Lipinski definition) is 22. The number of rotatable bonds is 41. The van der Waals surface area contributed by atoms with Crippen LogP contribution in [-0.2, 0) is 73.5 Å². The monoisotopic (exact) mass is 1570 g/mol. The number of nitrogens with zero attached hydrogens (tertiary/aromatic N) is 2. The highest BCUT2D eigenvalue weighted by Gasteiger charge is 2.49. The molecule has 18 N–H and O–H groups in total. The topological polar surface area (TPSA) is 505 Å². The van der Waals surface area contributed by atoms with Gasteiger partial charge in [0.15, 0.2) is 11.8 Å². The van der Waals surface area contributed by atoms with Crippen molar-refractivity contribution >= 4 is 88.9 Å². The fourth-order valence-corrected chi connectivity index (χ4v) is 14.0. The van der Waals surface area contributed by atoms with Crippen LogP contribution in [0.15, 0.2) is 54.6 Å². The zero-order valence-electron chi connectivity index (χ0n) is 64.3. The number of thioether (sulfide) groups is 1. The van der Waals surface area contributed by atoms with Gasteiger partial charge in [-0.1, -0.05) is 122 Å². The van der Waals surface area contributed by atoms with E-state index in [-0.39, 0.29) is 62.5 Å². The number of phenolic OH excluding ortho intramolecular Hbond substituents is 1. The first kappa shape index (κ1) is 92.2. The molecule has 33 nitrogen and oxygen atoms in total. The van der Waals surface area contributed by atoms with Gasteiger partial charge in [-0.05, 0) is 111 Å². The normalized spacial score (nSPS) is 22.8. The molecule has 0 bridgehead atoms. The van der Waals surface area contributed by atoms with Gasteiger partial charge in [0.25, 0.3) is 5.91 Å². The number of aliphatic hydroxyl groups excluding tert-OH is 5. The van der Waals surface area contributed by atoms with Crippen LogP contribution in [0.5, 0.6) is 5.75 Å². The van der Waals surface area contributed by atoms with Crippen molar-refractivity contribution < 1.29 is 97.7 Å². The summed E-state index contributed by atoms with van der Waals surface area (Å²) in [6.45, 7) is 9.23. The van der Waals surface area contributed by atoms with Crippen molar-refractivity contribution in [2.45, 2.75) is 255 Å². The van der Waals surface area contributed by atoms with Gasteiger partial charge in [-0.25, -0.2) is 0 Å². The van der Waals surface area contributed by atoms with Crippen molar-refractivity contribution in [3.63, 3.8) is 0 Å². The molecule has 110 heavy (non-hydrogen) atoms. The summed E-state index contributed by atoms with van der Waals surface area (Å²) in [5.41, 5.74) is 6.41. The van der Waals surface area contributed by atoms with E-state index in [9.17, 15) is 93.0 Å². The first-order chi connectivity index (χ1) is 52.4. The van der Waals surface area contributed by atoms with Gasteiger partial charge >= 0.3 is 0 Å². The van der Waals surface area contributed by atoms with E-state index in [0.29, 0.717) is 48.8 Å². The number of Topliss-reactive ketones (excluding diaryl/α,β-unsaturated/α-hetero) is 1. The predicted octanol–water partition coefficient (Wildman–Crippen LogP) is -0.858. The van der Waals surface area contributed by atoms with E-state index in [1.807, 2.05) is 20.1 Å². The van der Waals surface area contributed by atoms with Gasteiger partial charge < -0.3 is 104 Å². The summed E-state index contributed by atoms with van der Waals surface area (Å²) in [5, 5.41) is 93.2. The second-order valence-electron chi connectivity index (χ2n) is 29.4. The average Bonchev–Trinajstić information content (AvgIpc) is 1.64. The van der Waals surface area contributed by atoms with Crippen LogP contribution >= 0.6 is 11.8 Å². The Morgan fingerprint density at radius 3 is 1.97 bits per heavy atom. The van der Waals surface area contributed by atoms with E-state index < -0.39 is 214 Å². The number of phenols is 1. The standard InChI is InChI=1S/C76H119N13O20S/c1-8-45(4)39-46(5)18-14-11-9-10-12-17-21-60(97)81-53-26-27-61(109-36-34-78-59(96)29-33-79-68(100)55(40-48-19-15-13-16-20-48)83-71(103)54(38-44(2)3)82-69(101)52(80-43-90)31-37-110-7)84-74(106)65-58(95)30-35-88(65)76(108)63(57(94)28-32-77)86-73(105)64(67(99)66(98)49-22-24-50(92)25-23-49)87-72(104)56-41-51(93)42-89(56)75(107)62(47(6)91)85-70(53)102/h13,15-16,19-20,22-25,43-47,51-57,61-67,91-94,98-99H,8-12,14,17-18,21,26-42,77H2,1-7H3,(H,78,96)(H,79,100)(H,80,90)(H,81,97)(H,82,101)(H,83,103)(H,84,106)(H,85,102)(H,86,105)(H,87,104). The van der Waals surface area contributed by atoms with Gasteiger partial charge in [-0.2, -0.15) is 11.8 Å². The maximum Gasteiger partial charge on any atom is 0.252 e. The zero-order valence-corrected chi connectivity index (χ0v) is 65.1. The average molecular weight is 1570 g/mol. The van der Waals surface area contributed by atoms with Crippen LogP contribution in [-0.4, -0.2) is 254 Å². The third kappa shape index (κ3) is 30.0. The number of nitrogens with two attached hydrogens (primary N) is 1. The number of fused-ring (bicyclic) bond motifs is 2. The Morgan fingerprint density at radius 2 is 1.32 bits per heavy atom. The molecule has 3 fully saturated rings. The van der Waals surface area contributed by atoms with E-state index in [4.69, 9.17) is 10.5 Å². The lowest BCUT2D eigenvalue weighted by atomic mass is 9.91. The molecule has 5 rings (SSSR count). The molecule has 17 atom stereocenters. The Kier molecular flexibility index (Phi) is 40.0. The molecule has 3 heterocycles. The van der Waals surface area contributed by atoms with Crippen LogP contribution in [0.1, 0.15) is 174 Å². The zero-order chi connectivity index (χ0) is 81.1. The number of unbranched alkanes of at least 4 members (excludes halogenated alkanes) is 5. The number of ether oxygens (including phenoxy) is 1. The summed E-state index contributed by atoms with van der Waals surface area (Å²) in [7, 11) is 0. The van der Waals surface area contributed by atoms with Crippen LogP contribution in [0.4, 0.5) is 0 Å². The fourth-order valence-electron chi connectivity index (χ4n) is 13.6. The highest BCUT2D eigenvalue weighted by molar-refractivity contribution is 7.98. The van der Waals surface area contributed by atoms with Crippen LogP contribution in [0.25, 0.3) is 0 Å². The highest BCUT2D eigenvalue weighted by atomic mass is 32.2. The largest absolute Gasteiger partial charge is 0.508 e. The molecular formula is C76H119N13O20S. The molecule has 3 aliphatic rings. The van der Waals surface area contributed by atoms with Gasteiger partial charge in [-0.15, -0.1) is 0 Å². The Labute approximate surface area is 647 Å². The Morgan fingerprint density at radius 1 is 0.673 bits per heavy atom. The smallest absolute Gasteiger partial charge is 0.252 e. The number of hydrogen-bond donors (Lipinski definition) is 17. The lowest BCUT2D eigenvalue weighted by Crippen LogP contribution is -2.64. The summed E-state index contributed by atoms with van der Waals surface area (Å²) >= 11 is 1.47. The van der Waals surface area contributed by atoms with Crippen LogP contribution < -0.4 is 58.9 Å². The molecule has 2 aromatic rings. The van der Waals surface area contributed by atoms with Crippen LogP contribution in [0, 0.1) is 17.8 Å². The summed E-state index contributed by atoms with van der Waals surface area (Å²) in [5.74, 6) is -9.80. The van der Waals surface area contributed by atoms with Gasteiger partial charge in [0, 0.05) is 58.3 Å². The van der Waals surface area contributed by atoms with E-state index in [1.165, 1.54) is 23.9 Å². The lowest BCUT2D eigenvalue weighted by Gasteiger charge is -2.34. The van der Waals surface area contributed by atoms with Crippen molar-refractivity contribution in [1.82, 2.24) is 63.0 Å². The second-order valence-corrected chi connectivity index (χ2v) is 30.4. The van der Waals surface area contributed by atoms with E-state index >= 15 is 0 Å². The molecule has 3 aliphatic heterocycles. The summed E-state index contributed by atoms with van der Waals surface area (Å²) in [6, 6.07) is -1.43. The molecule has 17 unspecified atom stereocenters. The predicted molar refractivity (Wildman–Crippen MR) is 407 cm³/mol. The number of ketones is 1. The molecule has 12 amide bonds. The third-order valence-corrected chi connectivity index (χ3v) is 20.6. The SMILES string of the molecule is CCC(C)CC(C)CCCCCCCCC(=O)NC1CCC(OCCNC(=O)CCNC(=O)C(Cc2ccccc2)NC(=O)C(CC(C)C)NC(=O)C(CCSC)NC=O)NC(=O)C2C(=O)CCN2C(=O)C(C(O)CCN)NC(=O)C(C(O)C(O)c2ccc(O)cc2)NC(=O)C2CC(O)CN2C(=O)C(C(C)O)NC1=O. The Bertz CT molecular complexity index is 3320. The summed E-state index contributed by atoms with van der Waals surface area (Å²) in [6.07, 6.45) is -2.53. The van der Waals surface area contributed by atoms with Gasteiger partial charge in [-0.3, -0.25) is 62.3 Å². The number of carbonyl (C=O) groups is 13. The lowest BCUT2D eigenvalue weighted by molar-refractivity contribution is -0.149. The molecule has 34 heteroatoms. The van der Waals surface area contributed by atoms with Gasteiger partial charge in [0.2, 0.25) is 65.5 Å². The molecule has 0 radical (unpaired) electrons. The summed E-state index contributed by atoms with van der Waals surface area (Å²) in [4.78, 5) is 185. The number of carbonyl (C=O) groups excluding carboxylic acids is 13. The van der Waals surface area contributed by atoms with E-state index in [0.717, 1.165) is 73.8 Å². The minimum Gasteiger partial charge on any atom is -0.508 e. The first-order valence-corrected chi connectivity index (χ1v) is 39.8. The molecule has 0 saturated carbocycles. The molecule has 0 aliphatic carbocycles. The minimum absolute atomic E-state index is 0.0125. The fraction of sp³-hybridized carbons (Fsp3) is 0.671. The molecular weight excluding hydrogens is 1450 g/mol. The number of aromatic hydroxyl groups is 1. The summed E-state index contributed by atoms with van der Waals surface area (Å²) < 4.78 is 6.17. The van der Waals surface area contributed by atoms with Crippen LogP contribution in [0.3, 0.4) is 0 Å². The Hall–Kier alpha value is -8.38. The maximum atomic E-state index is 14.9. The van der Waals surface area contributed by atoms with E-state index in [2.05, 4.69) is 73.9 Å². The third-order valence-electron chi connectivity index (χ3n) is 19.9. The second kappa shape index (κ2) is 47.7. The van der Waals surface area contributed by atoms with Gasteiger partial charge in [0.1, 0.15) is 72.5 Å². The number of benzene rings is 2. The minimum atomic E-state index is -2.35. The maximum absolute atomic E-state index is 14.9. The number of amides is 12. The molecule has 3 saturated heterocycles. The quantitative estimate of drug-likeness (QED) is 0.0219. The van der Waals surface area contributed by atoms with Gasteiger partial charge in [0.05, 0.1) is 24.9 Å². The highest BCUT2D eigenvalue weighted by Crippen LogP contribution is 2.27. The van der Waals surface area contributed by atoms with E-state index in [1.54, 1.807) is 30.3 Å². The first-order valence-electron chi connectivity index (χ1n) is 38.4. The van der Waals surface area contributed by atoms with Crippen molar-refractivity contribution in [3.8, 4) is 5.75 Å². The number of aliphatic hydroxyl groups is 5. The van der Waals surface area contributed by atoms with Crippen LogP contribution in [0.2, 0.25) is 0 Å². The molecule has 0 spiro atoms. The number of nitrogens with one attached hydrogen (secondary N) is 10. The molecule has 2 aromatic carbocycles. The van der Waals surface area contributed by atoms with Crippen molar-refractivity contribution in [3.05, 3.63) is 65.7 Å². The van der Waals surface area contributed by atoms with Crippen molar-refractivity contribution in [2.24, 2.45) is 23.5 Å². The van der Waals surface area contributed by atoms with Crippen molar-refractivity contribution in [1.29, 1.82) is 0 Å². The molecule has 614 valence electrons. The van der Waals surface area contributed by atoms with Crippen molar-refractivity contribution in [2.75, 3.05) is 51.3 Å². The molecule has 0 aromatic heterocycles.